The van der Waals surface area contributed by atoms with Gasteiger partial charge in [0.15, 0.2) is 0 Å². The minimum absolute atomic E-state index is 0.824. The molecule has 0 unspecified atom stereocenters. The summed E-state index contributed by atoms with van der Waals surface area (Å²) in [6.07, 6.45) is 4.43. The maximum atomic E-state index is 5.90. The second kappa shape index (κ2) is 12.9. The van der Waals surface area contributed by atoms with Crippen LogP contribution in [-0.2, 0) is 0 Å². The molecule has 0 saturated heterocycles. The Kier molecular flexibility index (Phi) is 8.46. The third-order valence-electron chi connectivity index (χ3n) is 7.14. The van der Waals surface area contributed by atoms with Crippen LogP contribution < -0.4 is 9.47 Å². The smallest absolute Gasteiger partial charge is 0.126 e. The van der Waals surface area contributed by atoms with E-state index in [1.165, 1.54) is 32.0 Å². The molecular formula is C38H30O2S2. The molecule has 42 heavy (non-hydrogen) atoms. The Morgan fingerprint density at radius 1 is 0.500 bits per heavy atom. The van der Waals surface area contributed by atoms with Crippen molar-refractivity contribution >= 4 is 46.0 Å². The highest BCUT2D eigenvalue weighted by atomic mass is 32.1. The summed E-state index contributed by atoms with van der Waals surface area (Å²) in [7, 11) is 3.46. The Morgan fingerprint density at radius 3 is 1.29 bits per heavy atom. The molecule has 0 atom stereocenters. The van der Waals surface area contributed by atoms with Crippen molar-refractivity contribution in [1.29, 1.82) is 0 Å². The van der Waals surface area contributed by atoms with Crippen molar-refractivity contribution in [3.63, 3.8) is 0 Å². The van der Waals surface area contributed by atoms with E-state index in [0.29, 0.717) is 0 Å². The normalized spacial score (nSPS) is 11.9. The largest absolute Gasteiger partial charge is 0.496 e. The minimum atomic E-state index is 0.824. The Hall–Kier alpha value is -4.64. The summed E-state index contributed by atoms with van der Waals surface area (Å²) >= 11 is 3.48. The second-order valence-electron chi connectivity index (χ2n) is 9.72. The molecule has 0 aliphatic carbocycles. The van der Waals surface area contributed by atoms with Crippen LogP contribution in [0.25, 0.3) is 34.4 Å². The number of benzene rings is 4. The van der Waals surface area contributed by atoms with Crippen molar-refractivity contribution in [2.24, 2.45) is 0 Å². The van der Waals surface area contributed by atoms with E-state index < -0.39 is 0 Å². The van der Waals surface area contributed by atoms with E-state index >= 15 is 0 Å². The molecule has 0 amide bonds. The summed E-state index contributed by atoms with van der Waals surface area (Å²) in [6, 6.07) is 42.3. The van der Waals surface area contributed by atoms with Crippen molar-refractivity contribution in [3.05, 3.63) is 164 Å². The molecule has 2 aromatic heterocycles. The fourth-order valence-electron chi connectivity index (χ4n) is 5.02. The molecule has 206 valence electrons. The van der Waals surface area contributed by atoms with Gasteiger partial charge in [-0.15, -0.1) is 22.7 Å². The van der Waals surface area contributed by atoms with E-state index in [0.717, 1.165) is 33.8 Å². The minimum Gasteiger partial charge on any atom is -0.496 e. The van der Waals surface area contributed by atoms with Gasteiger partial charge >= 0.3 is 0 Å². The third kappa shape index (κ3) is 6.01. The zero-order valence-electron chi connectivity index (χ0n) is 23.5. The zero-order chi connectivity index (χ0) is 28.7. The van der Waals surface area contributed by atoms with Crippen molar-refractivity contribution in [1.82, 2.24) is 0 Å². The molecule has 6 rings (SSSR count). The summed E-state index contributed by atoms with van der Waals surface area (Å²) in [6.45, 7) is 0. The SMILES string of the molecule is COc1cc(-c2ccc(C=C(c3ccccc3)c3cccs3)c(OC)c2)ccc1C=C(c1ccccc1)c1cccs1. The van der Waals surface area contributed by atoms with Crippen molar-refractivity contribution < 1.29 is 9.47 Å². The maximum absolute atomic E-state index is 5.90. The van der Waals surface area contributed by atoms with Gasteiger partial charge in [-0.05, 0) is 80.6 Å². The number of thiophene rings is 2. The number of hydrogen-bond acceptors (Lipinski definition) is 4. The van der Waals surface area contributed by atoms with Crippen LogP contribution in [0.4, 0.5) is 0 Å². The quantitative estimate of drug-likeness (QED) is 0.158. The lowest BCUT2D eigenvalue weighted by atomic mass is 9.96. The summed E-state index contributed by atoms with van der Waals surface area (Å²) in [5, 5.41) is 4.23. The van der Waals surface area contributed by atoms with Gasteiger partial charge < -0.3 is 9.47 Å². The first-order valence-electron chi connectivity index (χ1n) is 13.7. The van der Waals surface area contributed by atoms with Crippen molar-refractivity contribution in [3.8, 4) is 22.6 Å². The van der Waals surface area contributed by atoms with Gasteiger partial charge in [0.05, 0.1) is 14.2 Å². The monoisotopic (exact) mass is 582 g/mol. The summed E-state index contributed by atoms with van der Waals surface area (Å²) in [5.74, 6) is 1.65. The predicted octanol–water partition coefficient (Wildman–Crippen LogP) is 10.7. The highest BCUT2D eigenvalue weighted by molar-refractivity contribution is 7.11. The first kappa shape index (κ1) is 27.5. The van der Waals surface area contributed by atoms with Crippen LogP contribution in [-0.4, -0.2) is 14.2 Å². The van der Waals surface area contributed by atoms with Crippen LogP contribution in [0.2, 0.25) is 0 Å². The molecular weight excluding hydrogens is 553 g/mol. The lowest BCUT2D eigenvalue weighted by molar-refractivity contribution is 0.413. The third-order valence-corrected chi connectivity index (χ3v) is 8.95. The van der Waals surface area contributed by atoms with Gasteiger partial charge in [-0.25, -0.2) is 0 Å². The van der Waals surface area contributed by atoms with E-state index in [1.807, 2.05) is 12.1 Å². The van der Waals surface area contributed by atoms with Crippen LogP contribution in [0.15, 0.2) is 132 Å². The topological polar surface area (TPSA) is 18.5 Å². The van der Waals surface area contributed by atoms with Gasteiger partial charge in [-0.3, -0.25) is 0 Å². The van der Waals surface area contributed by atoms with Crippen LogP contribution in [0.3, 0.4) is 0 Å². The van der Waals surface area contributed by atoms with Gasteiger partial charge in [0.1, 0.15) is 11.5 Å². The maximum Gasteiger partial charge on any atom is 0.126 e. The van der Waals surface area contributed by atoms with Crippen molar-refractivity contribution in [2.45, 2.75) is 0 Å². The molecule has 0 N–H and O–H groups in total. The van der Waals surface area contributed by atoms with E-state index in [4.69, 9.17) is 9.47 Å². The van der Waals surface area contributed by atoms with Crippen LogP contribution in [0, 0.1) is 0 Å². The van der Waals surface area contributed by atoms with E-state index in [1.54, 1.807) is 36.9 Å². The zero-order valence-corrected chi connectivity index (χ0v) is 25.1. The molecule has 2 nitrogen and oxygen atoms in total. The average Bonchev–Trinajstić information content (AvgIpc) is 3.79. The molecule has 0 spiro atoms. The number of ether oxygens (including phenoxy) is 2. The van der Waals surface area contributed by atoms with Gasteiger partial charge in [0.2, 0.25) is 0 Å². The fraction of sp³-hybridized carbons (Fsp3) is 0.0526. The highest BCUT2D eigenvalue weighted by Gasteiger charge is 2.13. The number of rotatable bonds is 9. The first-order chi connectivity index (χ1) is 20.7. The van der Waals surface area contributed by atoms with Crippen LogP contribution in [0.1, 0.15) is 32.0 Å². The van der Waals surface area contributed by atoms with Crippen LogP contribution >= 0.6 is 22.7 Å². The second-order valence-corrected chi connectivity index (χ2v) is 11.6. The van der Waals surface area contributed by atoms with Crippen molar-refractivity contribution in [2.75, 3.05) is 14.2 Å². The molecule has 4 heteroatoms. The molecule has 0 saturated carbocycles. The molecule has 6 aromatic rings. The fourth-order valence-corrected chi connectivity index (χ4v) is 6.55. The number of hydrogen-bond donors (Lipinski definition) is 0. The Morgan fingerprint density at radius 2 is 0.929 bits per heavy atom. The van der Waals surface area contributed by atoms with E-state index in [9.17, 15) is 0 Å². The lowest BCUT2D eigenvalue weighted by Crippen LogP contribution is -1.93. The summed E-state index contributed by atoms with van der Waals surface area (Å²) < 4.78 is 11.8. The predicted molar refractivity (Wildman–Crippen MR) is 180 cm³/mol. The van der Waals surface area contributed by atoms with E-state index in [2.05, 4.69) is 132 Å². The first-order valence-corrected chi connectivity index (χ1v) is 15.5. The van der Waals surface area contributed by atoms with Crippen LogP contribution in [0.5, 0.6) is 11.5 Å². The van der Waals surface area contributed by atoms with E-state index in [-0.39, 0.29) is 0 Å². The van der Waals surface area contributed by atoms with Gasteiger partial charge in [-0.1, -0.05) is 97.1 Å². The Bertz CT molecular complexity index is 1680. The molecule has 0 aliphatic rings. The summed E-state index contributed by atoms with van der Waals surface area (Å²) in [4.78, 5) is 2.44. The standard InChI is InChI=1S/C38H30O2S2/c1-39-35-25-29(17-19-31(35)23-33(37-15-9-21-41-37)27-11-5-3-6-12-27)30-18-20-32(36(26-30)40-2)24-34(38-16-10-22-42-38)28-13-7-4-8-14-28/h3-26H,1-2H3. The Labute approximate surface area is 255 Å². The molecule has 0 aliphatic heterocycles. The molecule has 2 heterocycles. The van der Waals surface area contributed by atoms with Gasteiger partial charge in [0.25, 0.3) is 0 Å². The molecule has 0 fully saturated rings. The molecule has 0 radical (unpaired) electrons. The number of methoxy groups -OCH3 is 2. The lowest BCUT2D eigenvalue weighted by Gasteiger charge is -2.13. The highest BCUT2D eigenvalue weighted by Crippen LogP contribution is 2.37. The Balaban J connectivity index is 1.38. The van der Waals surface area contributed by atoms with Gasteiger partial charge in [0, 0.05) is 20.9 Å². The summed E-state index contributed by atoms with van der Waals surface area (Å²) in [5.41, 5.74) is 8.90. The molecule has 4 aromatic carbocycles. The average molecular weight is 583 g/mol. The van der Waals surface area contributed by atoms with Gasteiger partial charge in [-0.2, -0.15) is 0 Å². The molecule has 0 bridgehead atoms.